The predicted octanol–water partition coefficient (Wildman–Crippen LogP) is 2.77. The van der Waals surface area contributed by atoms with Crippen molar-refractivity contribution in [2.75, 3.05) is 6.61 Å². The topological polar surface area (TPSA) is 46.5 Å². The first-order valence-electron chi connectivity index (χ1n) is 5.19. The van der Waals surface area contributed by atoms with Gasteiger partial charge in [-0.05, 0) is 23.0 Å². The van der Waals surface area contributed by atoms with Crippen molar-refractivity contribution >= 4 is 41.8 Å². The number of hydrogen-bond donors (Lipinski definition) is 1. The molecule has 0 spiro atoms. The minimum absolute atomic E-state index is 0.0521. The Labute approximate surface area is 117 Å². The summed E-state index contributed by atoms with van der Waals surface area (Å²) in [5.41, 5.74) is 1.20. The second-order valence-corrected chi connectivity index (χ2v) is 7.70. The number of carboxylic acid groups (broad SMARTS) is 1. The fraction of sp³-hybridized carbons (Fsp3) is 0.364. The van der Waals surface area contributed by atoms with E-state index in [0.29, 0.717) is 10.0 Å². The molecule has 92 valence electrons. The van der Waals surface area contributed by atoms with E-state index in [2.05, 4.69) is 45.3 Å². The third-order valence-corrected chi connectivity index (χ3v) is 5.04. The zero-order valence-corrected chi connectivity index (χ0v) is 13.1. The first kappa shape index (κ1) is 14.8. The van der Waals surface area contributed by atoms with Gasteiger partial charge in [0.25, 0.3) is 0 Å². The van der Waals surface area contributed by atoms with Gasteiger partial charge in [-0.15, -0.1) is 22.4 Å². The highest BCUT2D eigenvalue weighted by atomic mass is 127. The molecular weight excluding hydrogens is 349 g/mol. The summed E-state index contributed by atoms with van der Waals surface area (Å²) in [6, 6.07) is 7.58. The van der Waals surface area contributed by atoms with Crippen LogP contribution in [0, 0.1) is 0 Å². The van der Waals surface area contributed by atoms with Crippen LogP contribution < -0.4 is 4.74 Å². The molecule has 1 atom stereocenters. The molecule has 1 unspecified atom stereocenters. The minimum Gasteiger partial charge on any atom is -0.482 e. The number of carboxylic acids is 1. The van der Waals surface area contributed by atoms with Crippen LogP contribution in [0.4, 0.5) is 0 Å². The maximum absolute atomic E-state index is 10.4. The standard InChI is InChI=1S/C11H15BIO3P/c1-11(2,12(13)17)8-3-5-9(6-4-8)16-7-10(14)15/h3-6H,7,17H2,1-2H3,(H,14,15). The Morgan fingerprint density at radius 1 is 1.47 bits per heavy atom. The Bertz CT molecular complexity index is 392. The average Bonchev–Trinajstić information content (AvgIpc) is 2.26. The zero-order chi connectivity index (χ0) is 13.1. The van der Waals surface area contributed by atoms with Crippen molar-refractivity contribution in [2.24, 2.45) is 0 Å². The summed E-state index contributed by atoms with van der Waals surface area (Å²) in [6.07, 6.45) is 0. The molecule has 0 aliphatic heterocycles. The van der Waals surface area contributed by atoms with E-state index in [1.54, 1.807) is 0 Å². The number of ether oxygens (including phenoxy) is 1. The Hall–Kier alpha value is -0.285. The number of benzene rings is 1. The Kier molecular flexibility index (Phi) is 5.26. The summed E-state index contributed by atoms with van der Waals surface area (Å²) in [4.78, 5) is 10.4. The van der Waals surface area contributed by atoms with Crippen molar-refractivity contribution in [3.8, 4) is 5.75 Å². The maximum Gasteiger partial charge on any atom is 0.341 e. The van der Waals surface area contributed by atoms with E-state index in [1.165, 1.54) is 5.56 Å². The second kappa shape index (κ2) is 6.05. The van der Waals surface area contributed by atoms with Gasteiger partial charge < -0.3 is 9.84 Å². The third-order valence-electron chi connectivity index (χ3n) is 2.65. The van der Waals surface area contributed by atoms with Crippen LogP contribution in [-0.2, 0) is 10.1 Å². The van der Waals surface area contributed by atoms with Gasteiger partial charge in [0.15, 0.2) is 6.61 Å². The van der Waals surface area contributed by atoms with Crippen LogP contribution in [-0.4, -0.2) is 22.0 Å². The van der Waals surface area contributed by atoms with Crippen molar-refractivity contribution in [3.05, 3.63) is 29.8 Å². The van der Waals surface area contributed by atoms with Crippen LogP contribution in [0.1, 0.15) is 19.4 Å². The molecule has 1 rings (SSSR count). The molecule has 3 nitrogen and oxygen atoms in total. The van der Waals surface area contributed by atoms with Crippen LogP contribution >= 0.6 is 31.5 Å². The highest BCUT2D eigenvalue weighted by Gasteiger charge is 2.29. The molecule has 0 aliphatic carbocycles. The number of carbonyl (C=O) groups is 1. The molecule has 6 heteroatoms. The zero-order valence-electron chi connectivity index (χ0n) is 9.81. The van der Waals surface area contributed by atoms with E-state index in [9.17, 15) is 4.79 Å². The van der Waals surface area contributed by atoms with Gasteiger partial charge >= 0.3 is 5.97 Å². The van der Waals surface area contributed by atoms with E-state index in [-0.39, 0.29) is 11.9 Å². The van der Waals surface area contributed by atoms with E-state index >= 15 is 0 Å². The fourth-order valence-electron chi connectivity index (χ4n) is 1.29. The second-order valence-electron chi connectivity index (χ2n) is 4.33. The van der Waals surface area contributed by atoms with Crippen molar-refractivity contribution in [3.63, 3.8) is 0 Å². The molecule has 1 N–H and O–H groups in total. The molecule has 0 amide bonds. The molecule has 17 heavy (non-hydrogen) atoms. The summed E-state index contributed by atoms with van der Waals surface area (Å²) >= 11 is 2.38. The number of rotatable bonds is 5. The SMILES string of the molecule is CC(C)(B(P)I)c1ccc(OCC(=O)O)cc1. The summed E-state index contributed by atoms with van der Waals surface area (Å²) in [5, 5.41) is 8.55. The maximum atomic E-state index is 10.4. The van der Waals surface area contributed by atoms with Crippen molar-refractivity contribution in [1.29, 1.82) is 0 Å². The molecule has 0 fully saturated rings. The van der Waals surface area contributed by atoms with Crippen molar-refractivity contribution < 1.29 is 14.6 Å². The van der Waals surface area contributed by atoms with Gasteiger partial charge in [-0.2, -0.15) is 9.12 Å². The molecule has 0 bridgehead atoms. The fourth-order valence-corrected chi connectivity index (χ4v) is 1.84. The Balaban J connectivity index is 2.77. The van der Waals surface area contributed by atoms with Crippen molar-refractivity contribution in [2.45, 2.75) is 19.2 Å². The lowest BCUT2D eigenvalue weighted by molar-refractivity contribution is -0.139. The van der Waals surface area contributed by atoms with Gasteiger partial charge in [-0.3, -0.25) is 0 Å². The normalized spacial score (nSPS) is 11.1. The van der Waals surface area contributed by atoms with Crippen molar-refractivity contribution in [1.82, 2.24) is 0 Å². The smallest absolute Gasteiger partial charge is 0.341 e. The Morgan fingerprint density at radius 2 is 2.00 bits per heavy atom. The summed E-state index contributed by atoms with van der Waals surface area (Å²) < 4.78 is 5.51. The van der Waals surface area contributed by atoms with Gasteiger partial charge in [0.2, 0.25) is 4.29 Å². The molecule has 1 aromatic rings. The summed E-state index contributed by atoms with van der Waals surface area (Å²) in [7, 11) is 2.80. The largest absolute Gasteiger partial charge is 0.482 e. The number of halogens is 1. The first-order valence-corrected chi connectivity index (χ1v) is 7.10. The monoisotopic (exact) mass is 364 g/mol. The highest BCUT2D eigenvalue weighted by Crippen LogP contribution is 2.33. The quantitative estimate of drug-likeness (QED) is 0.497. The minimum atomic E-state index is -0.966. The summed E-state index contributed by atoms with van der Waals surface area (Å²) in [5.74, 6) is -0.382. The molecule has 0 saturated heterocycles. The van der Waals surface area contributed by atoms with Gasteiger partial charge in [0.05, 0.1) is 0 Å². The van der Waals surface area contributed by atoms with Gasteiger partial charge in [-0.1, -0.05) is 26.0 Å². The molecular formula is C11H15BIO3P. The van der Waals surface area contributed by atoms with Gasteiger partial charge in [0.1, 0.15) is 5.75 Å². The van der Waals surface area contributed by atoms with Crippen LogP contribution in [0.3, 0.4) is 0 Å². The van der Waals surface area contributed by atoms with E-state index in [1.807, 2.05) is 24.3 Å². The molecule has 0 saturated carbocycles. The highest BCUT2D eigenvalue weighted by molar-refractivity contribution is 14.1. The van der Waals surface area contributed by atoms with Gasteiger partial charge in [0, 0.05) is 0 Å². The lowest BCUT2D eigenvalue weighted by atomic mass is 9.66. The molecule has 0 heterocycles. The molecule has 0 radical (unpaired) electrons. The molecule has 0 aliphatic rings. The lowest BCUT2D eigenvalue weighted by Crippen LogP contribution is -2.28. The lowest BCUT2D eigenvalue weighted by Gasteiger charge is -2.26. The van der Waals surface area contributed by atoms with Crippen LogP contribution in [0.2, 0.25) is 0 Å². The van der Waals surface area contributed by atoms with E-state index < -0.39 is 5.97 Å². The number of aliphatic carboxylic acids is 1. The van der Waals surface area contributed by atoms with Crippen LogP contribution in [0.5, 0.6) is 5.75 Å². The summed E-state index contributed by atoms with van der Waals surface area (Å²) in [6.45, 7) is 4.04. The predicted molar refractivity (Wildman–Crippen MR) is 82.1 cm³/mol. The third kappa shape index (κ3) is 4.14. The van der Waals surface area contributed by atoms with E-state index in [0.717, 1.165) is 0 Å². The van der Waals surface area contributed by atoms with Crippen LogP contribution in [0.15, 0.2) is 24.3 Å². The van der Waals surface area contributed by atoms with Gasteiger partial charge in [-0.25, -0.2) is 4.79 Å². The van der Waals surface area contributed by atoms with E-state index in [4.69, 9.17) is 9.84 Å². The Morgan fingerprint density at radius 3 is 2.41 bits per heavy atom. The number of hydrogen-bond acceptors (Lipinski definition) is 2. The first-order chi connectivity index (χ1) is 7.84. The van der Waals surface area contributed by atoms with Crippen LogP contribution in [0.25, 0.3) is 0 Å². The molecule has 1 aromatic carbocycles. The average molecular weight is 364 g/mol. The molecule has 0 aromatic heterocycles.